The smallest absolute Gasteiger partial charge is 0.338 e. The minimum atomic E-state index is -0.638. The van der Waals surface area contributed by atoms with Crippen LogP contribution in [-0.4, -0.2) is 22.6 Å². The van der Waals surface area contributed by atoms with E-state index < -0.39 is 16.9 Å². The summed E-state index contributed by atoms with van der Waals surface area (Å²) in [4.78, 5) is 42.1. The van der Waals surface area contributed by atoms with Crippen molar-refractivity contribution in [3.05, 3.63) is 93.3 Å². The molecule has 4 rings (SSSR count). The van der Waals surface area contributed by atoms with E-state index in [1.54, 1.807) is 25.1 Å². The van der Waals surface area contributed by atoms with Crippen LogP contribution in [0.25, 0.3) is 6.08 Å². The van der Waals surface area contributed by atoms with E-state index in [1.165, 1.54) is 46.5 Å². The molecule has 152 valence electrons. The Morgan fingerprint density at radius 2 is 2.13 bits per heavy atom. The van der Waals surface area contributed by atoms with Crippen molar-refractivity contribution in [3.8, 4) is 0 Å². The Balaban J connectivity index is 1.94. The fourth-order valence-corrected chi connectivity index (χ4v) is 5.16. The molecule has 0 saturated carbocycles. The largest absolute Gasteiger partial charge is 0.466 e. The van der Waals surface area contributed by atoms with Gasteiger partial charge in [-0.3, -0.25) is 19.5 Å². The molecule has 0 unspecified atom stereocenters. The Hall–Kier alpha value is -3.37. The fourth-order valence-electron chi connectivity index (χ4n) is 3.29. The summed E-state index contributed by atoms with van der Waals surface area (Å²) in [5.41, 5.74) is 0.957. The first-order valence-electron chi connectivity index (χ1n) is 8.79. The number of nitro benzene ring substituents is 1. The van der Waals surface area contributed by atoms with Crippen LogP contribution in [0.2, 0.25) is 0 Å². The van der Waals surface area contributed by atoms with Gasteiger partial charge in [0.25, 0.3) is 11.2 Å². The summed E-state index contributed by atoms with van der Waals surface area (Å²) in [7, 11) is 1.29. The summed E-state index contributed by atoms with van der Waals surface area (Å²) in [5, 5.41) is 12.9. The molecule has 3 aromatic rings. The lowest BCUT2D eigenvalue weighted by Crippen LogP contribution is -2.39. The number of benzene rings is 1. The molecule has 0 radical (unpaired) electrons. The van der Waals surface area contributed by atoms with E-state index in [2.05, 4.69) is 4.99 Å². The summed E-state index contributed by atoms with van der Waals surface area (Å²) < 4.78 is 6.80. The third kappa shape index (κ3) is 3.40. The molecule has 0 aliphatic carbocycles. The van der Waals surface area contributed by atoms with E-state index >= 15 is 0 Å². The molecule has 1 aromatic carbocycles. The highest BCUT2D eigenvalue weighted by atomic mass is 32.1. The Bertz CT molecular complexity index is 1370. The van der Waals surface area contributed by atoms with Gasteiger partial charge in [-0.05, 0) is 30.0 Å². The summed E-state index contributed by atoms with van der Waals surface area (Å²) >= 11 is 2.60. The molecule has 10 heteroatoms. The Morgan fingerprint density at radius 3 is 2.80 bits per heavy atom. The lowest BCUT2D eigenvalue weighted by Gasteiger charge is -2.22. The van der Waals surface area contributed by atoms with Gasteiger partial charge in [-0.1, -0.05) is 29.5 Å². The van der Waals surface area contributed by atoms with Crippen molar-refractivity contribution in [1.29, 1.82) is 0 Å². The molecular weight excluding hydrogens is 426 g/mol. The quantitative estimate of drug-likeness (QED) is 0.351. The second-order valence-electron chi connectivity index (χ2n) is 6.44. The topological polar surface area (TPSA) is 104 Å². The molecule has 1 aliphatic heterocycles. The maximum absolute atomic E-state index is 13.3. The minimum Gasteiger partial charge on any atom is -0.466 e. The van der Waals surface area contributed by atoms with Gasteiger partial charge in [0.15, 0.2) is 4.80 Å². The van der Waals surface area contributed by atoms with Crippen LogP contribution in [-0.2, 0) is 9.53 Å². The zero-order valence-electron chi connectivity index (χ0n) is 15.9. The number of rotatable bonds is 4. The predicted molar refractivity (Wildman–Crippen MR) is 113 cm³/mol. The lowest BCUT2D eigenvalue weighted by molar-refractivity contribution is -0.384. The second kappa shape index (κ2) is 7.81. The first kappa shape index (κ1) is 19.9. The Labute approximate surface area is 177 Å². The Morgan fingerprint density at radius 1 is 1.33 bits per heavy atom. The number of carbonyl (C=O) groups excluding carboxylic acids is 1. The van der Waals surface area contributed by atoms with Crippen molar-refractivity contribution in [3.63, 3.8) is 0 Å². The number of hydrogen-bond donors (Lipinski definition) is 0. The summed E-state index contributed by atoms with van der Waals surface area (Å²) in [6.07, 6.45) is 1.60. The minimum absolute atomic E-state index is 0.0585. The van der Waals surface area contributed by atoms with Crippen LogP contribution in [0.3, 0.4) is 0 Å². The summed E-state index contributed by atoms with van der Waals surface area (Å²) in [5.74, 6) is -0.539. The average Bonchev–Trinajstić information content (AvgIpc) is 3.36. The molecule has 0 bridgehead atoms. The maximum Gasteiger partial charge on any atom is 0.338 e. The van der Waals surface area contributed by atoms with E-state index in [1.807, 2.05) is 17.5 Å². The number of methoxy groups -OCH3 is 1. The van der Waals surface area contributed by atoms with E-state index in [9.17, 15) is 19.7 Å². The molecule has 0 spiro atoms. The van der Waals surface area contributed by atoms with Crippen LogP contribution in [0.15, 0.2) is 62.8 Å². The number of nitrogens with zero attached hydrogens (tertiary/aromatic N) is 3. The van der Waals surface area contributed by atoms with Crippen molar-refractivity contribution in [1.82, 2.24) is 4.57 Å². The van der Waals surface area contributed by atoms with Gasteiger partial charge in [0, 0.05) is 17.0 Å². The zero-order chi connectivity index (χ0) is 21.4. The van der Waals surface area contributed by atoms with Crippen LogP contribution in [0.4, 0.5) is 5.69 Å². The number of fused-ring (bicyclic) bond motifs is 1. The van der Waals surface area contributed by atoms with Crippen LogP contribution < -0.4 is 14.9 Å². The van der Waals surface area contributed by atoms with Gasteiger partial charge >= 0.3 is 5.97 Å². The van der Waals surface area contributed by atoms with Gasteiger partial charge in [-0.2, -0.15) is 0 Å². The van der Waals surface area contributed by atoms with Gasteiger partial charge in [0.2, 0.25) is 0 Å². The number of nitro groups is 1. The number of non-ortho nitro benzene ring substituents is 1. The van der Waals surface area contributed by atoms with Crippen molar-refractivity contribution in [2.24, 2.45) is 4.99 Å². The monoisotopic (exact) mass is 441 g/mol. The molecule has 0 fully saturated rings. The van der Waals surface area contributed by atoms with E-state index in [0.29, 0.717) is 26.2 Å². The first-order valence-corrected chi connectivity index (χ1v) is 10.5. The third-order valence-electron chi connectivity index (χ3n) is 4.62. The molecule has 8 nitrogen and oxygen atoms in total. The first-order chi connectivity index (χ1) is 14.4. The number of aromatic nitrogens is 1. The molecular formula is C20H15N3O5S2. The number of hydrogen-bond acceptors (Lipinski definition) is 8. The van der Waals surface area contributed by atoms with Gasteiger partial charge in [-0.15, -0.1) is 11.3 Å². The SMILES string of the molecule is COC(=O)C1=C(C)N=c2sc(=Cc3cccc([N+](=O)[O-])c3)c(=O)n2[C@H]1c1cccs1. The molecule has 1 aliphatic rings. The number of thiophene rings is 1. The maximum atomic E-state index is 13.3. The number of allylic oxidation sites excluding steroid dienone is 1. The highest BCUT2D eigenvalue weighted by Gasteiger charge is 2.33. The molecule has 0 N–H and O–H groups in total. The van der Waals surface area contributed by atoms with Gasteiger partial charge < -0.3 is 4.74 Å². The van der Waals surface area contributed by atoms with Crippen LogP contribution in [0.5, 0.6) is 0 Å². The molecule has 1 atom stereocenters. The average molecular weight is 441 g/mol. The van der Waals surface area contributed by atoms with Crippen molar-refractivity contribution < 1.29 is 14.5 Å². The van der Waals surface area contributed by atoms with E-state index in [0.717, 1.165) is 4.88 Å². The summed E-state index contributed by atoms with van der Waals surface area (Å²) in [6.45, 7) is 1.71. The Kier molecular flexibility index (Phi) is 5.18. The van der Waals surface area contributed by atoms with Crippen LogP contribution in [0, 0.1) is 10.1 Å². The molecule has 0 saturated heterocycles. The van der Waals surface area contributed by atoms with Crippen LogP contribution >= 0.6 is 22.7 Å². The highest BCUT2D eigenvalue weighted by molar-refractivity contribution is 7.10. The van der Waals surface area contributed by atoms with Gasteiger partial charge in [-0.25, -0.2) is 9.79 Å². The van der Waals surface area contributed by atoms with Crippen molar-refractivity contribution >= 4 is 40.4 Å². The fraction of sp³-hybridized carbons (Fsp3) is 0.150. The van der Waals surface area contributed by atoms with Crippen molar-refractivity contribution in [2.45, 2.75) is 13.0 Å². The molecule has 2 aromatic heterocycles. The third-order valence-corrected chi connectivity index (χ3v) is 6.53. The molecule has 30 heavy (non-hydrogen) atoms. The van der Waals surface area contributed by atoms with Crippen LogP contribution in [0.1, 0.15) is 23.4 Å². The molecule has 0 amide bonds. The van der Waals surface area contributed by atoms with Gasteiger partial charge in [0.1, 0.15) is 6.04 Å². The van der Waals surface area contributed by atoms with Crippen molar-refractivity contribution in [2.75, 3.05) is 7.11 Å². The standard InChI is InChI=1S/C20H15N3O5S2/c1-11-16(19(25)28-2)17(14-7-4-8-29-14)22-18(24)15(30-20(22)21-11)10-12-5-3-6-13(9-12)23(26)27/h3-10,17H,1-2H3/t17-/m0/s1. The number of thiazole rings is 1. The highest BCUT2D eigenvalue weighted by Crippen LogP contribution is 2.32. The summed E-state index contributed by atoms with van der Waals surface area (Å²) in [6, 6.07) is 9.11. The number of esters is 1. The number of ether oxygens (including phenoxy) is 1. The van der Waals surface area contributed by atoms with E-state index in [-0.39, 0.29) is 11.2 Å². The lowest BCUT2D eigenvalue weighted by atomic mass is 10.0. The predicted octanol–water partition coefficient (Wildman–Crippen LogP) is 2.38. The molecule has 3 heterocycles. The number of carbonyl (C=O) groups is 1. The van der Waals surface area contributed by atoms with Gasteiger partial charge in [0.05, 0.1) is 27.8 Å². The zero-order valence-corrected chi connectivity index (χ0v) is 17.5. The second-order valence-corrected chi connectivity index (χ2v) is 8.43. The normalized spacial score (nSPS) is 16.2. The van der Waals surface area contributed by atoms with E-state index in [4.69, 9.17) is 4.74 Å².